The van der Waals surface area contributed by atoms with Crippen molar-refractivity contribution in [2.45, 2.75) is 44.7 Å². The zero-order chi connectivity index (χ0) is 21.7. The van der Waals surface area contributed by atoms with Crippen molar-refractivity contribution in [1.29, 1.82) is 0 Å². The molecule has 30 heavy (non-hydrogen) atoms. The van der Waals surface area contributed by atoms with Gasteiger partial charge in [0.05, 0.1) is 18.2 Å². The minimum atomic E-state index is -1.09. The SMILES string of the molecule is CC(C)CC(N)C1=NCC(CC2CCNC2=O)(C(=O)COC(=O)c2ccccc2)N1. The number of rotatable bonds is 9. The van der Waals surface area contributed by atoms with Crippen molar-refractivity contribution in [3.05, 3.63) is 35.9 Å². The third-order valence-corrected chi connectivity index (χ3v) is 5.60. The molecule has 3 atom stereocenters. The molecule has 0 spiro atoms. The molecule has 1 saturated heterocycles. The number of ketones is 1. The van der Waals surface area contributed by atoms with E-state index in [1.807, 2.05) is 0 Å². The van der Waals surface area contributed by atoms with Gasteiger partial charge in [-0.25, -0.2) is 4.79 Å². The number of nitrogens with one attached hydrogen (secondary N) is 2. The number of nitrogens with two attached hydrogens (primary N) is 1. The highest BCUT2D eigenvalue weighted by Gasteiger charge is 2.47. The number of ether oxygens (including phenoxy) is 1. The van der Waals surface area contributed by atoms with Crippen LogP contribution < -0.4 is 16.4 Å². The number of carbonyl (C=O) groups is 3. The summed E-state index contributed by atoms with van der Waals surface area (Å²) >= 11 is 0. The summed E-state index contributed by atoms with van der Waals surface area (Å²) in [6.45, 7) is 4.52. The molecular formula is C22H30N4O4. The summed E-state index contributed by atoms with van der Waals surface area (Å²) < 4.78 is 5.27. The quantitative estimate of drug-likeness (QED) is 0.519. The maximum atomic E-state index is 13.2. The van der Waals surface area contributed by atoms with E-state index in [9.17, 15) is 14.4 Å². The molecule has 3 rings (SSSR count). The molecule has 0 saturated carbocycles. The minimum absolute atomic E-state index is 0.0646. The number of amides is 1. The topological polar surface area (TPSA) is 123 Å². The van der Waals surface area contributed by atoms with Crippen LogP contribution in [0.1, 0.15) is 43.5 Å². The van der Waals surface area contributed by atoms with Crippen LogP contribution in [0.3, 0.4) is 0 Å². The second kappa shape index (κ2) is 9.38. The fraction of sp³-hybridized carbons (Fsp3) is 0.545. The number of benzene rings is 1. The monoisotopic (exact) mass is 414 g/mol. The van der Waals surface area contributed by atoms with Crippen LogP contribution in [0.25, 0.3) is 0 Å². The molecule has 0 aromatic heterocycles. The summed E-state index contributed by atoms with van der Waals surface area (Å²) in [5.74, 6) is -0.268. The highest BCUT2D eigenvalue weighted by atomic mass is 16.5. The molecular weight excluding hydrogens is 384 g/mol. The second-order valence-corrected chi connectivity index (χ2v) is 8.49. The van der Waals surface area contributed by atoms with Gasteiger partial charge in [-0.05, 0) is 37.3 Å². The lowest BCUT2D eigenvalue weighted by molar-refractivity contribution is -0.129. The van der Waals surface area contributed by atoms with Crippen LogP contribution in [0.5, 0.6) is 0 Å². The Balaban J connectivity index is 1.70. The summed E-state index contributed by atoms with van der Waals surface area (Å²) in [7, 11) is 0. The summed E-state index contributed by atoms with van der Waals surface area (Å²) in [5, 5.41) is 6.03. The second-order valence-electron chi connectivity index (χ2n) is 8.49. The summed E-state index contributed by atoms with van der Waals surface area (Å²) in [5.41, 5.74) is 5.55. The highest BCUT2D eigenvalue weighted by Crippen LogP contribution is 2.28. The normalized spacial score (nSPS) is 24.2. The van der Waals surface area contributed by atoms with Crippen LogP contribution in [0.2, 0.25) is 0 Å². The lowest BCUT2D eigenvalue weighted by atomic mass is 9.83. The van der Waals surface area contributed by atoms with Crippen molar-refractivity contribution in [2.24, 2.45) is 22.6 Å². The lowest BCUT2D eigenvalue weighted by Crippen LogP contribution is -2.58. The fourth-order valence-corrected chi connectivity index (χ4v) is 3.95. The Kier molecular flexibility index (Phi) is 6.87. The van der Waals surface area contributed by atoms with Crippen molar-refractivity contribution in [1.82, 2.24) is 10.6 Å². The van der Waals surface area contributed by atoms with Crippen LogP contribution in [-0.4, -0.2) is 54.8 Å². The molecule has 1 aromatic rings. The predicted molar refractivity (Wildman–Crippen MR) is 113 cm³/mol. The molecule has 2 heterocycles. The molecule has 2 aliphatic heterocycles. The molecule has 2 aliphatic rings. The van der Waals surface area contributed by atoms with Gasteiger partial charge in [0.1, 0.15) is 11.4 Å². The number of esters is 1. The van der Waals surface area contributed by atoms with Gasteiger partial charge in [0.15, 0.2) is 12.4 Å². The Morgan fingerprint density at radius 1 is 1.30 bits per heavy atom. The van der Waals surface area contributed by atoms with E-state index in [1.54, 1.807) is 30.3 Å². The van der Waals surface area contributed by atoms with Crippen LogP contribution in [0.15, 0.2) is 35.3 Å². The standard InChI is InChI=1S/C22H30N4O4/c1-14(2)10-17(23)19-25-13-22(26-19,11-16-8-9-24-20(16)28)18(27)12-30-21(29)15-6-4-3-5-7-15/h3-7,14,16-17H,8-13,23H2,1-2H3,(H,24,28)(H,25,26). The maximum Gasteiger partial charge on any atom is 0.338 e. The first-order chi connectivity index (χ1) is 14.3. The fourth-order valence-electron chi connectivity index (χ4n) is 3.95. The third-order valence-electron chi connectivity index (χ3n) is 5.60. The summed E-state index contributed by atoms with van der Waals surface area (Å²) in [6, 6.07) is 8.20. The molecule has 8 nitrogen and oxygen atoms in total. The highest BCUT2D eigenvalue weighted by molar-refractivity contribution is 6.01. The van der Waals surface area contributed by atoms with E-state index in [0.29, 0.717) is 36.7 Å². The number of Topliss-reactive ketones (excluding diaryl/α,β-unsaturated/α-hetero) is 1. The predicted octanol–water partition coefficient (Wildman–Crippen LogP) is 1.05. The van der Waals surface area contributed by atoms with E-state index in [0.717, 1.165) is 6.42 Å². The molecule has 162 valence electrons. The third kappa shape index (κ3) is 5.05. The van der Waals surface area contributed by atoms with Crippen molar-refractivity contribution in [3.63, 3.8) is 0 Å². The van der Waals surface area contributed by atoms with E-state index in [2.05, 4.69) is 29.5 Å². The molecule has 1 fully saturated rings. The first kappa shape index (κ1) is 22.0. The molecule has 4 N–H and O–H groups in total. The number of nitrogens with zero attached hydrogens (tertiary/aromatic N) is 1. The summed E-state index contributed by atoms with van der Waals surface area (Å²) in [6.07, 6.45) is 1.68. The lowest BCUT2D eigenvalue weighted by Gasteiger charge is -2.31. The van der Waals surface area contributed by atoms with E-state index in [1.165, 1.54) is 0 Å². The van der Waals surface area contributed by atoms with Gasteiger partial charge in [-0.15, -0.1) is 0 Å². The Hall–Kier alpha value is -2.74. The molecule has 1 amide bonds. The van der Waals surface area contributed by atoms with Gasteiger partial charge in [-0.3, -0.25) is 14.6 Å². The van der Waals surface area contributed by atoms with Crippen LogP contribution in [0.4, 0.5) is 0 Å². The van der Waals surface area contributed by atoms with E-state index in [-0.39, 0.29) is 30.2 Å². The van der Waals surface area contributed by atoms with E-state index < -0.39 is 18.1 Å². The van der Waals surface area contributed by atoms with Gasteiger partial charge in [0.2, 0.25) is 5.91 Å². The Morgan fingerprint density at radius 3 is 2.67 bits per heavy atom. The van der Waals surface area contributed by atoms with Gasteiger partial charge < -0.3 is 21.1 Å². The molecule has 0 bridgehead atoms. The Bertz CT molecular complexity index is 824. The first-order valence-electron chi connectivity index (χ1n) is 10.4. The first-order valence-corrected chi connectivity index (χ1v) is 10.4. The van der Waals surface area contributed by atoms with Gasteiger partial charge in [-0.2, -0.15) is 0 Å². The number of aliphatic imine (C=N–C) groups is 1. The van der Waals surface area contributed by atoms with Crippen LogP contribution >= 0.6 is 0 Å². The molecule has 3 unspecified atom stereocenters. The summed E-state index contributed by atoms with van der Waals surface area (Å²) in [4.78, 5) is 42.1. The van der Waals surface area contributed by atoms with Crippen molar-refractivity contribution in [3.8, 4) is 0 Å². The number of amidine groups is 1. The average Bonchev–Trinajstić information content (AvgIpc) is 3.34. The number of hydrogen-bond donors (Lipinski definition) is 3. The zero-order valence-electron chi connectivity index (χ0n) is 17.5. The van der Waals surface area contributed by atoms with Crippen molar-refractivity contribution >= 4 is 23.5 Å². The van der Waals surface area contributed by atoms with E-state index in [4.69, 9.17) is 10.5 Å². The molecule has 0 radical (unpaired) electrons. The zero-order valence-corrected chi connectivity index (χ0v) is 17.5. The van der Waals surface area contributed by atoms with Crippen molar-refractivity contribution in [2.75, 3.05) is 19.7 Å². The van der Waals surface area contributed by atoms with E-state index >= 15 is 0 Å². The minimum Gasteiger partial charge on any atom is -0.454 e. The van der Waals surface area contributed by atoms with Crippen LogP contribution in [0, 0.1) is 11.8 Å². The van der Waals surface area contributed by atoms with Gasteiger partial charge in [-0.1, -0.05) is 32.0 Å². The average molecular weight is 415 g/mol. The van der Waals surface area contributed by atoms with Gasteiger partial charge in [0, 0.05) is 12.5 Å². The molecule has 8 heteroatoms. The smallest absolute Gasteiger partial charge is 0.338 e. The van der Waals surface area contributed by atoms with Gasteiger partial charge in [0.25, 0.3) is 0 Å². The largest absolute Gasteiger partial charge is 0.454 e. The number of hydrogen-bond acceptors (Lipinski definition) is 7. The maximum absolute atomic E-state index is 13.2. The molecule has 1 aromatic carbocycles. The number of carbonyl (C=O) groups excluding carboxylic acids is 3. The Morgan fingerprint density at radius 2 is 2.03 bits per heavy atom. The molecule has 0 aliphatic carbocycles. The van der Waals surface area contributed by atoms with Gasteiger partial charge >= 0.3 is 5.97 Å². The van der Waals surface area contributed by atoms with Crippen molar-refractivity contribution < 1.29 is 19.1 Å². The van der Waals surface area contributed by atoms with Crippen LogP contribution in [-0.2, 0) is 14.3 Å². The Labute approximate surface area is 176 Å².